The molecule has 8 nitrogen and oxygen atoms in total. The van der Waals surface area contributed by atoms with E-state index in [4.69, 9.17) is 4.74 Å². The number of hydrogen-bond acceptors (Lipinski definition) is 5. The van der Waals surface area contributed by atoms with Crippen LogP contribution in [0.1, 0.15) is 36.8 Å². The number of H-pyrrole nitrogens is 1. The minimum absolute atomic E-state index is 0.130. The lowest BCUT2D eigenvalue weighted by Gasteiger charge is -2.20. The number of ether oxygens (including phenoxy) is 1. The van der Waals surface area contributed by atoms with Crippen molar-refractivity contribution < 1.29 is 22.7 Å². The zero-order chi connectivity index (χ0) is 20.9. The Balaban J connectivity index is 2.16. The summed E-state index contributed by atoms with van der Waals surface area (Å²) in [5, 5.41) is 2.60. The van der Waals surface area contributed by atoms with Crippen molar-refractivity contribution in [3.63, 3.8) is 0 Å². The first-order chi connectivity index (χ1) is 13.2. The number of rotatable bonds is 8. The third kappa shape index (κ3) is 4.79. The summed E-state index contributed by atoms with van der Waals surface area (Å²) in [5.41, 5.74) is 1.13. The first-order valence-electron chi connectivity index (χ1n) is 8.96. The van der Waals surface area contributed by atoms with Crippen LogP contribution in [0.5, 0.6) is 0 Å². The summed E-state index contributed by atoms with van der Waals surface area (Å²) in [5.74, 6) is -1.21. The van der Waals surface area contributed by atoms with E-state index in [2.05, 4.69) is 10.3 Å². The lowest BCUT2D eigenvalue weighted by atomic mass is 10.2. The van der Waals surface area contributed by atoms with Crippen molar-refractivity contribution in [2.75, 3.05) is 18.4 Å². The topological polar surface area (TPSA) is 109 Å². The van der Waals surface area contributed by atoms with Crippen molar-refractivity contribution in [2.24, 2.45) is 0 Å². The van der Waals surface area contributed by atoms with Crippen LogP contribution >= 0.6 is 0 Å². The maximum absolute atomic E-state index is 12.8. The number of aromatic amines is 1. The molecule has 0 radical (unpaired) electrons. The molecule has 0 unspecified atom stereocenters. The number of carbonyl (C=O) groups excluding carboxylic acids is 2. The highest BCUT2D eigenvalue weighted by atomic mass is 32.2. The Labute approximate surface area is 164 Å². The average Bonchev–Trinajstić information content (AvgIpc) is 3.18. The number of aryl methyl sites for hydroxylation is 1. The number of nitrogens with zero attached hydrogens (tertiary/aromatic N) is 1. The number of amides is 1. The van der Waals surface area contributed by atoms with Crippen molar-refractivity contribution in [3.8, 4) is 0 Å². The van der Waals surface area contributed by atoms with Gasteiger partial charge in [0.1, 0.15) is 5.69 Å². The Bertz CT molecular complexity index is 934. The van der Waals surface area contributed by atoms with Crippen LogP contribution in [0.15, 0.2) is 41.4 Å². The Morgan fingerprint density at radius 2 is 1.89 bits per heavy atom. The molecule has 2 rings (SSSR count). The van der Waals surface area contributed by atoms with Gasteiger partial charge in [0.05, 0.1) is 4.90 Å². The molecule has 2 N–H and O–H groups in total. The second-order valence-corrected chi connectivity index (χ2v) is 8.10. The SMILES string of the molecule is CCN(CC)S(=O)(=O)c1cc(NC(=O)[C@@H](C)OC(=O)c2ccc[nH]2)ccc1C. The zero-order valence-electron chi connectivity index (χ0n) is 16.4. The number of benzene rings is 1. The number of nitrogens with one attached hydrogen (secondary N) is 2. The van der Waals surface area contributed by atoms with Crippen LogP contribution in [0.25, 0.3) is 0 Å². The molecule has 28 heavy (non-hydrogen) atoms. The number of carbonyl (C=O) groups is 2. The summed E-state index contributed by atoms with van der Waals surface area (Å²) in [4.78, 5) is 27.1. The molecule has 0 bridgehead atoms. The molecule has 0 aliphatic carbocycles. The maximum Gasteiger partial charge on any atom is 0.355 e. The summed E-state index contributed by atoms with van der Waals surface area (Å²) in [7, 11) is -3.67. The molecule has 1 atom stereocenters. The highest BCUT2D eigenvalue weighted by Crippen LogP contribution is 2.24. The van der Waals surface area contributed by atoms with Gasteiger partial charge in [0.15, 0.2) is 6.10 Å². The van der Waals surface area contributed by atoms with Crippen LogP contribution in [-0.2, 0) is 19.6 Å². The molecule has 0 aliphatic heterocycles. The van der Waals surface area contributed by atoms with E-state index in [-0.39, 0.29) is 10.6 Å². The van der Waals surface area contributed by atoms with E-state index in [9.17, 15) is 18.0 Å². The van der Waals surface area contributed by atoms with Gasteiger partial charge in [-0.25, -0.2) is 13.2 Å². The van der Waals surface area contributed by atoms with Gasteiger partial charge in [-0.1, -0.05) is 19.9 Å². The van der Waals surface area contributed by atoms with E-state index in [0.29, 0.717) is 24.3 Å². The van der Waals surface area contributed by atoms with Crippen molar-refractivity contribution in [1.82, 2.24) is 9.29 Å². The first-order valence-corrected chi connectivity index (χ1v) is 10.4. The van der Waals surface area contributed by atoms with Crippen molar-refractivity contribution >= 4 is 27.6 Å². The van der Waals surface area contributed by atoms with Crippen molar-refractivity contribution in [2.45, 2.75) is 38.7 Å². The number of aromatic nitrogens is 1. The third-order valence-corrected chi connectivity index (χ3v) is 6.44. The molecular weight excluding hydrogens is 382 g/mol. The summed E-state index contributed by atoms with van der Waals surface area (Å²) >= 11 is 0. The van der Waals surface area contributed by atoms with Gasteiger partial charge in [-0.2, -0.15) is 4.31 Å². The normalized spacial score (nSPS) is 12.6. The zero-order valence-corrected chi connectivity index (χ0v) is 17.2. The van der Waals surface area contributed by atoms with Gasteiger partial charge >= 0.3 is 5.97 Å². The third-order valence-electron chi connectivity index (χ3n) is 4.25. The van der Waals surface area contributed by atoms with Crippen LogP contribution in [0, 0.1) is 6.92 Å². The molecular formula is C19H25N3O5S. The maximum atomic E-state index is 12.8. The molecule has 152 valence electrons. The molecule has 0 fully saturated rings. The van der Waals surface area contributed by atoms with Gasteiger partial charge in [0.2, 0.25) is 10.0 Å². The molecule has 1 aromatic carbocycles. The Kier molecular flexibility index (Phi) is 6.98. The number of anilines is 1. The molecule has 2 aromatic rings. The Morgan fingerprint density at radius 3 is 2.46 bits per heavy atom. The number of hydrogen-bond donors (Lipinski definition) is 2. The van der Waals surface area contributed by atoms with Gasteiger partial charge in [-0.3, -0.25) is 4.79 Å². The molecule has 0 aliphatic rings. The summed E-state index contributed by atoms with van der Waals surface area (Å²) in [6, 6.07) is 7.83. The second-order valence-electron chi connectivity index (χ2n) is 6.19. The average molecular weight is 407 g/mol. The Hall–Kier alpha value is -2.65. The van der Waals surface area contributed by atoms with Crippen LogP contribution in [0.3, 0.4) is 0 Å². The van der Waals surface area contributed by atoms with E-state index in [1.807, 2.05) is 0 Å². The lowest BCUT2D eigenvalue weighted by molar-refractivity contribution is -0.123. The number of sulfonamides is 1. The van der Waals surface area contributed by atoms with Crippen molar-refractivity contribution in [3.05, 3.63) is 47.8 Å². The monoisotopic (exact) mass is 407 g/mol. The predicted molar refractivity (Wildman–Crippen MR) is 106 cm³/mol. The van der Waals surface area contributed by atoms with Crippen LogP contribution in [0.2, 0.25) is 0 Å². The quantitative estimate of drug-likeness (QED) is 0.654. The standard InChI is InChI=1S/C19H25N3O5S/c1-5-22(6-2)28(25,26)17-12-15(10-9-13(17)3)21-18(23)14(4)27-19(24)16-8-7-11-20-16/h7-12,14,20H,5-6H2,1-4H3,(H,21,23)/t14-/m1/s1. The Morgan fingerprint density at radius 1 is 1.21 bits per heavy atom. The molecule has 0 saturated carbocycles. The lowest BCUT2D eigenvalue weighted by Crippen LogP contribution is -2.32. The number of esters is 1. The van der Waals surface area contributed by atoms with E-state index in [1.54, 1.807) is 45.2 Å². The minimum atomic E-state index is -3.67. The van der Waals surface area contributed by atoms with E-state index in [0.717, 1.165) is 0 Å². The highest BCUT2D eigenvalue weighted by Gasteiger charge is 2.25. The van der Waals surface area contributed by atoms with Gasteiger partial charge in [-0.15, -0.1) is 0 Å². The fourth-order valence-corrected chi connectivity index (χ4v) is 4.35. The molecule has 1 aromatic heterocycles. The molecule has 0 spiro atoms. The van der Waals surface area contributed by atoms with Gasteiger partial charge in [0.25, 0.3) is 5.91 Å². The molecule has 1 heterocycles. The molecule has 1 amide bonds. The summed E-state index contributed by atoms with van der Waals surface area (Å²) < 4.78 is 32.1. The van der Waals surface area contributed by atoms with Gasteiger partial charge in [0, 0.05) is 25.0 Å². The van der Waals surface area contributed by atoms with E-state index >= 15 is 0 Å². The first kappa shape index (κ1) is 21.6. The minimum Gasteiger partial charge on any atom is -0.448 e. The van der Waals surface area contributed by atoms with Gasteiger partial charge < -0.3 is 15.0 Å². The van der Waals surface area contributed by atoms with E-state index in [1.165, 1.54) is 23.4 Å². The summed E-state index contributed by atoms with van der Waals surface area (Å²) in [6.07, 6.45) is 0.519. The van der Waals surface area contributed by atoms with Crippen molar-refractivity contribution in [1.29, 1.82) is 0 Å². The smallest absolute Gasteiger partial charge is 0.355 e. The largest absolute Gasteiger partial charge is 0.448 e. The predicted octanol–water partition coefficient (Wildman–Crippen LogP) is 2.54. The van der Waals surface area contributed by atoms with E-state index < -0.39 is 28.0 Å². The summed E-state index contributed by atoms with van der Waals surface area (Å²) in [6.45, 7) is 7.37. The van der Waals surface area contributed by atoms with Crippen LogP contribution in [0.4, 0.5) is 5.69 Å². The second kappa shape index (κ2) is 9.03. The van der Waals surface area contributed by atoms with Gasteiger partial charge in [-0.05, 0) is 43.7 Å². The van der Waals surface area contributed by atoms with Crippen LogP contribution < -0.4 is 5.32 Å². The molecule has 9 heteroatoms. The fraction of sp³-hybridized carbons (Fsp3) is 0.368. The highest BCUT2D eigenvalue weighted by molar-refractivity contribution is 7.89. The fourth-order valence-electron chi connectivity index (χ4n) is 2.64. The molecule has 0 saturated heterocycles. The van der Waals surface area contributed by atoms with Crippen LogP contribution in [-0.4, -0.2) is 48.8 Å².